The molecule has 0 unspecified atom stereocenters. The number of halogens is 3. The van der Waals surface area contributed by atoms with Gasteiger partial charge in [-0.25, -0.2) is 4.79 Å². The number of alkyl halides is 3. The van der Waals surface area contributed by atoms with E-state index in [-0.39, 0.29) is 5.56 Å². The van der Waals surface area contributed by atoms with Gasteiger partial charge in [-0.1, -0.05) is 0 Å². The van der Waals surface area contributed by atoms with E-state index in [1.807, 2.05) is 0 Å². The molecular weight excluding hydrogens is 275 g/mol. The highest BCUT2D eigenvalue weighted by molar-refractivity contribution is 5.92. The first-order chi connectivity index (χ1) is 9.12. The average molecular weight is 289 g/mol. The Hall–Kier alpha value is -2.05. The average Bonchev–Trinajstić information content (AvgIpc) is 2.36. The van der Waals surface area contributed by atoms with Gasteiger partial charge in [0.1, 0.15) is 0 Å². The Morgan fingerprint density at radius 3 is 2.05 bits per heavy atom. The fourth-order valence-electron chi connectivity index (χ4n) is 1.44. The molecule has 0 aliphatic heterocycles. The van der Waals surface area contributed by atoms with Gasteiger partial charge in [-0.05, 0) is 31.2 Å². The van der Waals surface area contributed by atoms with Crippen molar-refractivity contribution < 1.29 is 27.5 Å². The van der Waals surface area contributed by atoms with Gasteiger partial charge in [0.15, 0.2) is 6.10 Å². The number of ether oxygens (including phenoxy) is 1. The smallest absolute Gasteiger partial charge is 0.416 e. The number of carbonyl (C=O) groups is 2. The molecule has 0 saturated carbocycles. The minimum Gasteiger partial charge on any atom is -0.449 e. The quantitative estimate of drug-likeness (QED) is 0.802. The minimum absolute atomic E-state index is 0.0450. The highest BCUT2D eigenvalue weighted by Crippen LogP contribution is 2.29. The van der Waals surface area contributed by atoms with Crippen molar-refractivity contribution in [3.05, 3.63) is 35.4 Å². The van der Waals surface area contributed by atoms with E-state index in [4.69, 9.17) is 4.74 Å². The van der Waals surface area contributed by atoms with Crippen LogP contribution >= 0.6 is 0 Å². The summed E-state index contributed by atoms with van der Waals surface area (Å²) in [5, 5.41) is 0. The normalized spacial score (nSPS) is 12.7. The van der Waals surface area contributed by atoms with E-state index in [1.165, 1.54) is 25.9 Å². The van der Waals surface area contributed by atoms with Gasteiger partial charge in [0, 0.05) is 14.1 Å². The van der Waals surface area contributed by atoms with Gasteiger partial charge >= 0.3 is 12.1 Å². The zero-order valence-electron chi connectivity index (χ0n) is 11.2. The first-order valence-corrected chi connectivity index (χ1v) is 5.72. The summed E-state index contributed by atoms with van der Waals surface area (Å²) in [6.45, 7) is 1.39. The van der Waals surface area contributed by atoms with Gasteiger partial charge in [-0.2, -0.15) is 13.2 Å². The molecule has 0 spiro atoms. The molecule has 1 aromatic rings. The van der Waals surface area contributed by atoms with Crippen LogP contribution in [0.1, 0.15) is 22.8 Å². The summed E-state index contributed by atoms with van der Waals surface area (Å²) in [5.41, 5.74) is -0.900. The van der Waals surface area contributed by atoms with E-state index in [1.54, 1.807) is 0 Å². The highest BCUT2D eigenvalue weighted by atomic mass is 19.4. The minimum atomic E-state index is -4.46. The van der Waals surface area contributed by atoms with Crippen molar-refractivity contribution in [1.82, 2.24) is 4.90 Å². The van der Waals surface area contributed by atoms with Crippen LogP contribution in [0.3, 0.4) is 0 Å². The van der Waals surface area contributed by atoms with E-state index >= 15 is 0 Å². The summed E-state index contributed by atoms with van der Waals surface area (Å²) in [4.78, 5) is 24.4. The van der Waals surface area contributed by atoms with Crippen LogP contribution in [-0.4, -0.2) is 37.0 Å². The van der Waals surface area contributed by atoms with Crippen molar-refractivity contribution in [2.75, 3.05) is 14.1 Å². The van der Waals surface area contributed by atoms with Crippen molar-refractivity contribution in [2.24, 2.45) is 0 Å². The van der Waals surface area contributed by atoms with E-state index in [0.29, 0.717) is 0 Å². The topological polar surface area (TPSA) is 46.6 Å². The van der Waals surface area contributed by atoms with Crippen LogP contribution in [0.25, 0.3) is 0 Å². The summed E-state index contributed by atoms with van der Waals surface area (Å²) < 4.78 is 42.0. The first kappa shape index (κ1) is 16.0. The molecule has 0 heterocycles. The number of likely N-dealkylation sites (N-methyl/N-ethyl adjacent to an activating group) is 1. The van der Waals surface area contributed by atoms with Crippen LogP contribution in [0.4, 0.5) is 13.2 Å². The number of hydrogen-bond acceptors (Lipinski definition) is 3. The van der Waals surface area contributed by atoms with Crippen molar-refractivity contribution in [3.63, 3.8) is 0 Å². The Morgan fingerprint density at radius 2 is 1.65 bits per heavy atom. The predicted molar refractivity (Wildman–Crippen MR) is 65.0 cm³/mol. The molecule has 4 nitrogen and oxygen atoms in total. The number of hydrogen-bond donors (Lipinski definition) is 0. The van der Waals surface area contributed by atoms with Gasteiger partial charge in [0.05, 0.1) is 11.1 Å². The van der Waals surface area contributed by atoms with Crippen LogP contribution in [0.2, 0.25) is 0 Å². The maximum Gasteiger partial charge on any atom is 0.416 e. The number of amides is 1. The van der Waals surface area contributed by atoms with Crippen molar-refractivity contribution >= 4 is 11.9 Å². The standard InChI is InChI=1S/C13H14F3NO3/c1-8(11(18)17(2)3)20-12(19)9-4-6-10(7-5-9)13(14,15)16/h4-8H,1-3H3/t8-/m0/s1. The third-order valence-electron chi connectivity index (χ3n) is 2.52. The lowest BCUT2D eigenvalue weighted by molar-refractivity contribution is -0.137. The number of carbonyl (C=O) groups excluding carboxylic acids is 2. The second-order valence-electron chi connectivity index (χ2n) is 4.36. The maximum absolute atomic E-state index is 12.4. The number of esters is 1. The zero-order valence-corrected chi connectivity index (χ0v) is 11.2. The third-order valence-corrected chi connectivity index (χ3v) is 2.52. The SMILES string of the molecule is C[C@H](OC(=O)c1ccc(C(F)(F)F)cc1)C(=O)N(C)C. The predicted octanol–water partition coefficient (Wildman–Crippen LogP) is 2.34. The molecule has 0 aliphatic carbocycles. The molecule has 0 aliphatic rings. The number of rotatable bonds is 3. The van der Waals surface area contributed by atoms with Gasteiger partial charge in [-0.15, -0.1) is 0 Å². The van der Waals surface area contributed by atoms with Gasteiger partial charge in [0.25, 0.3) is 5.91 Å². The Kier molecular flexibility index (Phi) is 4.75. The highest BCUT2D eigenvalue weighted by Gasteiger charge is 2.30. The second-order valence-corrected chi connectivity index (χ2v) is 4.36. The van der Waals surface area contributed by atoms with Gasteiger partial charge in [-0.3, -0.25) is 4.79 Å². The van der Waals surface area contributed by atoms with Crippen LogP contribution < -0.4 is 0 Å². The summed E-state index contributed by atoms with van der Waals surface area (Å²) in [5.74, 6) is -1.26. The molecule has 0 fully saturated rings. The Labute approximate surface area is 114 Å². The molecule has 0 N–H and O–H groups in total. The number of nitrogens with zero attached hydrogens (tertiary/aromatic N) is 1. The monoisotopic (exact) mass is 289 g/mol. The zero-order chi connectivity index (χ0) is 15.5. The fourth-order valence-corrected chi connectivity index (χ4v) is 1.44. The number of benzene rings is 1. The molecule has 0 radical (unpaired) electrons. The van der Waals surface area contributed by atoms with E-state index in [2.05, 4.69) is 0 Å². The second kappa shape index (κ2) is 5.94. The first-order valence-electron chi connectivity index (χ1n) is 5.72. The largest absolute Gasteiger partial charge is 0.449 e. The Bertz CT molecular complexity index is 495. The van der Waals surface area contributed by atoms with E-state index < -0.39 is 29.7 Å². The van der Waals surface area contributed by atoms with Crippen LogP contribution in [-0.2, 0) is 15.7 Å². The van der Waals surface area contributed by atoms with Gasteiger partial charge in [0.2, 0.25) is 0 Å². The molecule has 1 rings (SSSR count). The van der Waals surface area contributed by atoms with E-state index in [9.17, 15) is 22.8 Å². The molecule has 1 amide bonds. The molecule has 0 saturated heterocycles. The van der Waals surface area contributed by atoms with E-state index in [0.717, 1.165) is 24.3 Å². The fraction of sp³-hybridized carbons (Fsp3) is 0.385. The molecule has 7 heteroatoms. The molecule has 110 valence electrons. The third kappa shape index (κ3) is 3.97. The summed E-state index contributed by atoms with van der Waals surface area (Å²) >= 11 is 0. The molecule has 1 atom stereocenters. The molecule has 0 aromatic heterocycles. The Morgan fingerprint density at radius 1 is 1.15 bits per heavy atom. The van der Waals surface area contributed by atoms with Crippen LogP contribution in [0.15, 0.2) is 24.3 Å². The molecular formula is C13H14F3NO3. The lowest BCUT2D eigenvalue weighted by atomic mass is 10.1. The summed E-state index contributed by atoms with van der Waals surface area (Å²) in [6.07, 6.45) is -5.46. The van der Waals surface area contributed by atoms with Crippen LogP contribution in [0.5, 0.6) is 0 Å². The Balaban J connectivity index is 2.76. The van der Waals surface area contributed by atoms with Gasteiger partial charge < -0.3 is 9.64 Å². The van der Waals surface area contributed by atoms with Crippen molar-refractivity contribution in [1.29, 1.82) is 0 Å². The molecule has 20 heavy (non-hydrogen) atoms. The van der Waals surface area contributed by atoms with Crippen molar-refractivity contribution in [3.8, 4) is 0 Å². The van der Waals surface area contributed by atoms with Crippen molar-refractivity contribution in [2.45, 2.75) is 19.2 Å². The lowest BCUT2D eigenvalue weighted by Gasteiger charge is -2.17. The summed E-state index contributed by atoms with van der Waals surface area (Å²) in [6, 6.07) is 3.60. The lowest BCUT2D eigenvalue weighted by Crippen LogP contribution is -2.34. The summed E-state index contributed by atoms with van der Waals surface area (Å²) in [7, 11) is 3.01. The molecule has 1 aromatic carbocycles. The molecule has 0 bridgehead atoms. The maximum atomic E-state index is 12.4. The van der Waals surface area contributed by atoms with Crippen LogP contribution in [0, 0.1) is 0 Å².